The minimum atomic E-state index is -0.211. The van der Waals surface area contributed by atoms with Gasteiger partial charge in [-0.1, -0.05) is 23.7 Å². The molecule has 0 amide bonds. The van der Waals surface area contributed by atoms with Crippen LogP contribution in [0.25, 0.3) is 6.08 Å². The summed E-state index contributed by atoms with van der Waals surface area (Å²) in [5.41, 5.74) is 3.57. The monoisotopic (exact) mass is 494 g/mol. The van der Waals surface area contributed by atoms with Gasteiger partial charge in [-0.05, 0) is 43.3 Å². The number of carbonyl (C=O) groups is 1. The van der Waals surface area contributed by atoms with Crippen molar-refractivity contribution in [2.45, 2.75) is 20.1 Å². The molecule has 2 aliphatic rings. The number of allylic oxidation sites excluding steroid dienone is 1. The zero-order valence-corrected chi connectivity index (χ0v) is 20.2. The van der Waals surface area contributed by atoms with E-state index in [0.717, 1.165) is 22.4 Å². The third-order valence-corrected chi connectivity index (χ3v) is 6.11. The Labute approximate surface area is 207 Å². The Morgan fingerprint density at radius 3 is 2.71 bits per heavy atom. The molecule has 3 aromatic rings. The van der Waals surface area contributed by atoms with E-state index >= 15 is 0 Å². The highest BCUT2D eigenvalue weighted by Gasteiger charge is 2.31. The van der Waals surface area contributed by atoms with E-state index in [1.165, 1.54) is 0 Å². The number of halogens is 1. The first kappa shape index (κ1) is 23.1. The van der Waals surface area contributed by atoms with E-state index in [9.17, 15) is 4.79 Å². The third kappa shape index (κ3) is 4.29. The second-order valence-electron chi connectivity index (χ2n) is 8.04. The molecule has 0 fully saturated rings. The van der Waals surface area contributed by atoms with Crippen molar-refractivity contribution in [3.63, 3.8) is 0 Å². The van der Waals surface area contributed by atoms with E-state index in [1.807, 2.05) is 31.2 Å². The van der Waals surface area contributed by atoms with Gasteiger partial charge in [0.15, 0.2) is 24.1 Å². The van der Waals surface area contributed by atoms with E-state index in [1.54, 1.807) is 38.5 Å². The molecule has 8 heteroatoms. The lowest BCUT2D eigenvalue weighted by atomic mass is 10.1. The van der Waals surface area contributed by atoms with Crippen LogP contribution >= 0.6 is 11.6 Å². The molecule has 3 aromatic carbocycles. The number of carbonyl (C=O) groups excluding carboxylic acids is 1. The Kier molecular flexibility index (Phi) is 6.28. The van der Waals surface area contributed by atoms with Crippen molar-refractivity contribution in [1.82, 2.24) is 0 Å². The van der Waals surface area contributed by atoms with Crippen LogP contribution in [0.2, 0.25) is 5.02 Å². The van der Waals surface area contributed by atoms with Gasteiger partial charge >= 0.3 is 0 Å². The van der Waals surface area contributed by atoms with E-state index in [-0.39, 0.29) is 24.9 Å². The highest BCUT2D eigenvalue weighted by atomic mass is 35.5. The lowest BCUT2D eigenvalue weighted by Crippen LogP contribution is -2.14. The largest absolute Gasteiger partial charge is 0.493 e. The minimum Gasteiger partial charge on any atom is -0.493 e. The summed E-state index contributed by atoms with van der Waals surface area (Å²) >= 11 is 6.26. The van der Waals surface area contributed by atoms with Crippen molar-refractivity contribution in [2.24, 2.45) is 0 Å². The molecule has 2 aliphatic heterocycles. The number of methoxy groups -OCH3 is 2. The molecule has 0 aromatic heterocycles. The van der Waals surface area contributed by atoms with Gasteiger partial charge in [0.1, 0.15) is 23.9 Å². The molecule has 7 nitrogen and oxygen atoms in total. The number of benzene rings is 3. The second-order valence-corrected chi connectivity index (χ2v) is 8.48. The minimum absolute atomic E-state index is 0.183. The summed E-state index contributed by atoms with van der Waals surface area (Å²) in [6, 6.07) is 12.6. The lowest BCUT2D eigenvalue weighted by Gasteiger charge is -2.21. The van der Waals surface area contributed by atoms with Crippen molar-refractivity contribution in [2.75, 3.05) is 21.0 Å². The summed E-state index contributed by atoms with van der Waals surface area (Å²) in [5, 5.41) is 0.582. The normalized spacial score (nSPS) is 15.2. The van der Waals surface area contributed by atoms with Crippen LogP contribution in [-0.2, 0) is 18.0 Å². The van der Waals surface area contributed by atoms with Crippen LogP contribution in [0.4, 0.5) is 0 Å². The summed E-state index contributed by atoms with van der Waals surface area (Å²) in [5.74, 6) is 2.86. The zero-order valence-electron chi connectivity index (χ0n) is 19.5. The zero-order chi connectivity index (χ0) is 24.5. The molecule has 0 saturated carbocycles. The Hall–Kier alpha value is -3.68. The molecule has 0 saturated heterocycles. The molecule has 5 rings (SSSR count). The van der Waals surface area contributed by atoms with Crippen molar-refractivity contribution in [3.05, 3.63) is 81.1 Å². The average molecular weight is 495 g/mol. The van der Waals surface area contributed by atoms with Gasteiger partial charge in [0.05, 0.1) is 26.4 Å². The molecule has 2 heterocycles. The Morgan fingerprint density at radius 2 is 1.91 bits per heavy atom. The molecular weight excluding hydrogens is 472 g/mol. The van der Waals surface area contributed by atoms with Gasteiger partial charge in [0.25, 0.3) is 0 Å². The summed E-state index contributed by atoms with van der Waals surface area (Å²) in [7, 11) is 3.11. The van der Waals surface area contributed by atoms with Crippen LogP contribution in [0.15, 0.2) is 48.2 Å². The number of ketones is 1. The standard InChI is InChI=1S/C27H23ClO7/c1-15-21(33-13-18-10-19(28)9-17-12-32-14-34-26(17)18)8-7-20-24(29)23(35-25(15)20)11-16-5-4-6-22(30-2)27(16)31-3/h4-11H,12-14H2,1-3H3/b23-11-. The number of rotatable bonds is 6. The maximum atomic E-state index is 13.0. The van der Waals surface area contributed by atoms with Gasteiger partial charge in [-0.15, -0.1) is 0 Å². The molecule has 0 bridgehead atoms. The smallest absolute Gasteiger partial charge is 0.231 e. The first-order valence-corrected chi connectivity index (χ1v) is 11.3. The Morgan fingerprint density at radius 1 is 1.06 bits per heavy atom. The van der Waals surface area contributed by atoms with E-state index < -0.39 is 0 Å². The second kappa shape index (κ2) is 9.52. The SMILES string of the molecule is COc1cccc(/C=C2\Oc3c(ccc(OCc4cc(Cl)cc5c4OCOC5)c3C)C2=O)c1OC. The van der Waals surface area contributed by atoms with Gasteiger partial charge in [-0.2, -0.15) is 0 Å². The topological polar surface area (TPSA) is 72.5 Å². The first-order valence-electron chi connectivity index (χ1n) is 10.9. The molecule has 0 atom stereocenters. The predicted octanol–water partition coefficient (Wildman–Crippen LogP) is 5.73. The van der Waals surface area contributed by atoms with Gasteiger partial charge < -0.3 is 28.4 Å². The van der Waals surface area contributed by atoms with Crippen molar-refractivity contribution in [3.8, 4) is 28.7 Å². The highest BCUT2D eigenvalue weighted by molar-refractivity contribution is 6.30. The van der Waals surface area contributed by atoms with Gasteiger partial charge in [0.2, 0.25) is 5.78 Å². The Balaban J connectivity index is 1.41. The van der Waals surface area contributed by atoms with Crippen LogP contribution in [0, 0.1) is 6.92 Å². The number of Topliss-reactive ketones (excluding diaryl/α,β-unsaturated/α-hetero) is 1. The number of fused-ring (bicyclic) bond motifs is 2. The van der Waals surface area contributed by atoms with Gasteiger partial charge in [0, 0.05) is 27.3 Å². The third-order valence-electron chi connectivity index (χ3n) is 5.89. The number of para-hydroxylation sites is 1. The molecule has 180 valence electrons. The van der Waals surface area contributed by atoms with E-state index in [4.69, 9.17) is 40.0 Å². The highest BCUT2D eigenvalue weighted by Crippen LogP contribution is 2.41. The van der Waals surface area contributed by atoms with E-state index in [0.29, 0.717) is 45.8 Å². The summed E-state index contributed by atoms with van der Waals surface area (Å²) < 4.78 is 33.9. The molecule has 0 unspecified atom stereocenters. The number of hydrogen-bond acceptors (Lipinski definition) is 7. The Bertz CT molecular complexity index is 1350. The fourth-order valence-corrected chi connectivity index (χ4v) is 4.47. The molecule has 0 spiro atoms. The van der Waals surface area contributed by atoms with Crippen molar-refractivity contribution < 1.29 is 33.2 Å². The molecule has 0 N–H and O–H groups in total. The molecule has 0 radical (unpaired) electrons. The summed E-state index contributed by atoms with van der Waals surface area (Å²) in [6.07, 6.45) is 1.65. The lowest BCUT2D eigenvalue weighted by molar-refractivity contribution is -0.0175. The maximum Gasteiger partial charge on any atom is 0.231 e. The van der Waals surface area contributed by atoms with Crippen LogP contribution in [-0.4, -0.2) is 26.8 Å². The van der Waals surface area contributed by atoms with Crippen molar-refractivity contribution in [1.29, 1.82) is 0 Å². The van der Waals surface area contributed by atoms with Crippen molar-refractivity contribution >= 4 is 23.5 Å². The molecule has 35 heavy (non-hydrogen) atoms. The maximum absolute atomic E-state index is 13.0. The summed E-state index contributed by atoms with van der Waals surface area (Å²) in [4.78, 5) is 13.0. The first-order chi connectivity index (χ1) is 17.0. The summed E-state index contributed by atoms with van der Waals surface area (Å²) in [6.45, 7) is 2.71. The van der Waals surface area contributed by atoms with Crippen LogP contribution < -0.4 is 23.7 Å². The predicted molar refractivity (Wildman–Crippen MR) is 130 cm³/mol. The molecular formula is C27H23ClO7. The number of ether oxygens (including phenoxy) is 6. The van der Waals surface area contributed by atoms with Crippen LogP contribution in [0.1, 0.15) is 32.6 Å². The quantitative estimate of drug-likeness (QED) is 0.405. The van der Waals surface area contributed by atoms with Crippen LogP contribution in [0.3, 0.4) is 0 Å². The molecule has 0 aliphatic carbocycles. The fraction of sp³-hybridized carbons (Fsp3) is 0.222. The van der Waals surface area contributed by atoms with Gasteiger partial charge in [-0.3, -0.25) is 4.79 Å². The number of hydrogen-bond donors (Lipinski definition) is 0. The average Bonchev–Trinajstić information content (AvgIpc) is 3.19. The van der Waals surface area contributed by atoms with Gasteiger partial charge in [-0.25, -0.2) is 0 Å². The van der Waals surface area contributed by atoms with Crippen LogP contribution in [0.5, 0.6) is 28.7 Å². The fourth-order valence-electron chi connectivity index (χ4n) is 4.21. The van der Waals surface area contributed by atoms with E-state index in [2.05, 4.69) is 0 Å².